The molecule has 0 aromatic rings. The van der Waals surface area contributed by atoms with Crippen LogP contribution in [0.3, 0.4) is 0 Å². The second-order valence-corrected chi connectivity index (χ2v) is 2.01. The van der Waals surface area contributed by atoms with Gasteiger partial charge in [0.25, 0.3) is 0 Å². The van der Waals surface area contributed by atoms with Gasteiger partial charge in [0.05, 0.1) is 5.57 Å². The number of carboxylic acid groups (broad SMARTS) is 2. The fourth-order valence-corrected chi connectivity index (χ4v) is 0.708. The average molecular weight is 209 g/mol. The van der Waals surface area contributed by atoms with Gasteiger partial charge in [0.15, 0.2) is 0 Å². The molecule has 0 saturated carbocycles. The van der Waals surface area contributed by atoms with Crippen LogP contribution in [0.5, 0.6) is 0 Å². The molecule has 4 nitrogen and oxygen atoms in total. The fourth-order valence-electron chi connectivity index (χ4n) is 0.307. The molecule has 0 aromatic carbocycles. The molecule has 0 bridgehead atoms. The molecule has 0 saturated heterocycles. The van der Waals surface area contributed by atoms with E-state index >= 15 is 0 Å². The molecule has 0 spiro atoms. The number of aliphatic carboxylic acids is 2. The first-order valence-corrected chi connectivity index (χ1v) is 3.43. The van der Waals surface area contributed by atoms with Crippen molar-refractivity contribution >= 4 is 27.9 Å². The summed E-state index contributed by atoms with van der Waals surface area (Å²) in [5.41, 5.74) is -0.174. The zero-order valence-corrected chi connectivity index (χ0v) is 6.46. The summed E-state index contributed by atoms with van der Waals surface area (Å²) in [6.45, 7) is 0. The Morgan fingerprint density at radius 3 is 2.00 bits per heavy atom. The minimum Gasteiger partial charge on any atom is -0.478 e. The van der Waals surface area contributed by atoms with Crippen molar-refractivity contribution in [2.75, 3.05) is 5.33 Å². The molecule has 0 fully saturated rings. The first-order valence-electron chi connectivity index (χ1n) is 2.30. The summed E-state index contributed by atoms with van der Waals surface area (Å²) in [7, 11) is 0. The fraction of sp³-hybridized carbons (Fsp3) is 0.200. The van der Waals surface area contributed by atoms with Crippen LogP contribution >= 0.6 is 15.9 Å². The second-order valence-electron chi connectivity index (χ2n) is 1.45. The van der Waals surface area contributed by atoms with E-state index in [1.807, 2.05) is 0 Å². The first-order chi connectivity index (χ1) is 4.57. The third-order valence-electron chi connectivity index (χ3n) is 0.716. The van der Waals surface area contributed by atoms with Crippen molar-refractivity contribution in [3.8, 4) is 0 Å². The van der Waals surface area contributed by atoms with Gasteiger partial charge in [0, 0.05) is 11.4 Å². The predicted octanol–water partition coefficient (Wildman–Crippen LogP) is 0.477. The van der Waals surface area contributed by atoms with Crippen molar-refractivity contribution in [1.82, 2.24) is 0 Å². The molecule has 10 heavy (non-hydrogen) atoms. The van der Waals surface area contributed by atoms with Crippen LogP contribution in [0.1, 0.15) is 0 Å². The van der Waals surface area contributed by atoms with Crippen LogP contribution in [-0.4, -0.2) is 27.5 Å². The van der Waals surface area contributed by atoms with Gasteiger partial charge in [0.2, 0.25) is 0 Å². The quantitative estimate of drug-likeness (QED) is 0.523. The number of hydrogen-bond donors (Lipinski definition) is 2. The molecule has 0 aromatic heterocycles. The van der Waals surface area contributed by atoms with E-state index in [2.05, 4.69) is 15.9 Å². The Hall–Kier alpha value is -0.840. The Morgan fingerprint density at radius 2 is 1.90 bits per heavy atom. The predicted molar refractivity (Wildman–Crippen MR) is 37.1 cm³/mol. The van der Waals surface area contributed by atoms with Crippen LogP contribution in [0.2, 0.25) is 0 Å². The van der Waals surface area contributed by atoms with Crippen LogP contribution in [0.4, 0.5) is 0 Å². The first kappa shape index (κ1) is 9.16. The maximum absolute atomic E-state index is 10.1. The molecule has 0 radical (unpaired) electrons. The van der Waals surface area contributed by atoms with Crippen molar-refractivity contribution in [2.24, 2.45) is 0 Å². The van der Waals surface area contributed by atoms with E-state index in [0.717, 1.165) is 0 Å². The maximum atomic E-state index is 10.1. The molecule has 56 valence electrons. The van der Waals surface area contributed by atoms with E-state index in [1.165, 1.54) is 0 Å². The minimum atomic E-state index is -1.25. The van der Waals surface area contributed by atoms with Crippen LogP contribution in [0, 0.1) is 0 Å². The Balaban J connectivity index is 4.34. The molecular formula is C5H5BrO4. The normalized spacial score (nSPS) is 11.1. The highest BCUT2D eigenvalue weighted by atomic mass is 79.9. The lowest BCUT2D eigenvalue weighted by Crippen LogP contribution is -2.04. The van der Waals surface area contributed by atoms with E-state index in [9.17, 15) is 9.59 Å². The molecule has 0 aliphatic rings. The molecule has 0 amide bonds. The number of rotatable bonds is 3. The summed E-state index contributed by atoms with van der Waals surface area (Å²) >= 11 is 2.83. The van der Waals surface area contributed by atoms with Gasteiger partial charge in [-0.25, -0.2) is 9.59 Å². The number of hydrogen-bond acceptors (Lipinski definition) is 2. The van der Waals surface area contributed by atoms with Gasteiger partial charge < -0.3 is 10.2 Å². The van der Waals surface area contributed by atoms with E-state index in [0.29, 0.717) is 6.08 Å². The smallest absolute Gasteiger partial charge is 0.332 e. The van der Waals surface area contributed by atoms with Gasteiger partial charge in [-0.15, -0.1) is 0 Å². The lowest BCUT2D eigenvalue weighted by molar-refractivity contribution is -0.135. The van der Waals surface area contributed by atoms with Gasteiger partial charge in [-0.3, -0.25) is 0 Å². The van der Waals surface area contributed by atoms with Crippen LogP contribution in [0.15, 0.2) is 11.6 Å². The number of carbonyl (C=O) groups is 2. The molecule has 0 aliphatic heterocycles. The highest BCUT2D eigenvalue weighted by Gasteiger charge is 2.06. The summed E-state index contributed by atoms with van der Waals surface area (Å²) < 4.78 is 0. The summed E-state index contributed by atoms with van der Waals surface area (Å²) in [6.07, 6.45) is 0.650. The third kappa shape index (κ3) is 3.24. The lowest BCUT2D eigenvalue weighted by Gasteiger charge is -1.91. The van der Waals surface area contributed by atoms with Crippen molar-refractivity contribution in [2.45, 2.75) is 0 Å². The van der Waals surface area contributed by atoms with Crippen LogP contribution < -0.4 is 0 Å². The molecule has 0 rings (SSSR count). The standard InChI is InChI=1S/C5H5BrO4/c6-2-3(5(9)10)1-4(7)8/h1H,2H2,(H,7,8)(H,9,10)/b3-1-. The summed E-state index contributed by atoms with van der Waals surface area (Å²) in [4.78, 5) is 20.0. The Labute approximate surface area is 65.3 Å². The third-order valence-corrected chi connectivity index (χ3v) is 1.32. The zero-order chi connectivity index (χ0) is 8.15. The van der Waals surface area contributed by atoms with Crippen molar-refractivity contribution in [3.05, 3.63) is 11.6 Å². The second kappa shape index (κ2) is 4.05. The Morgan fingerprint density at radius 1 is 1.40 bits per heavy atom. The number of halogens is 1. The van der Waals surface area contributed by atoms with Gasteiger partial charge >= 0.3 is 11.9 Å². The summed E-state index contributed by atoms with van der Waals surface area (Å²) in [5.74, 6) is -2.48. The molecule has 0 heterocycles. The lowest BCUT2D eigenvalue weighted by atomic mass is 10.3. The summed E-state index contributed by atoms with van der Waals surface area (Å²) in [6, 6.07) is 0. The van der Waals surface area contributed by atoms with Crippen molar-refractivity contribution < 1.29 is 19.8 Å². The van der Waals surface area contributed by atoms with E-state index in [-0.39, 0.29) is 10.9 Å². The van der Waals surface area contributed by atoms with Crippen molar-refractivity contribution in [1.29, 1.82) is 0 Å². The molecular weight excluding hydrogens is 204 g/mol. The highest BCUT2D eigenvalue weighted by molar-refractivity contribution is 9.09. The number of carboxylic acids is 2. The van der Waals surface area contributed by atoms with E-state index in [1.54, 1.807) is 0 Å². The van der Waals surface area contributed by atoms with Crippen LogP contribution in [-0.2, 0) is 9.59 Å². The Kier molecular flexibility index (Phi) is 3.71. The average Bonchev–Trinajstić information content (AvgIpc) is 1.81. The van der Waals surface area contributed by atoms with Crippen LogP contribution in [0.25, 0.3) is 0 Å². The van der Waals surface area contributed by atoms with E-state index < -0.39 is 11.9 Å². The molecule has 0 atom stereocenters. The molecule has 5 heteroatoms. The van der Waals surface area contributed by atoms with Gasteiger partial charge in [-0.2, -0.15) is 0 Å². The van der Waals surface area contributed by atoms with Crippen molar-refractivity contribution in [3.63, 3.8) is 0 Å². The molecule has 2 N–H and O–H groups in total. The number of alkyl halides is 1. The van der Waals surface area contributed by atoms with E-state index in [4.69, 9.17) is 10.2 Å². The van der Waals surface area contributed by atoms with Gasteiger partial charge in [0.1, 0.15) is 0 Å². The highest BCUT2D eigenvalue weighted by Crippen LogP contribution is 1.98. The minimum absolute atomic E-state index is 0.0363. The SMILES string of the molecule is O=C(O)/C=C(/CBr)C(=O)O. The molecule has 0 unspecified atom stereocenters. The largest absolute Gasteiger partial charge is 0.478 e. The topological polar surface area (TPSA) is 74.6 Å². The van der Waals surface area contributed by atoms with Gasteiger partial charge in [-0.1, -0.05) is 15.9 Å². The Bertz CT molecular complexity index is 184. The molecule has 0 aliphatic carbocycles. The summed E-state index contributed by atoms with van der Waals surface area (Å²) in [5, 5.41) is 16.4. The maximum Gasteiger partial charge on any atom is 0.332 e. The zero-order valence-electron chi connectivity index (χ0n) is 4.87. The monoisotopic (exact) mass is 208 g/mol. The van der Waals surface area contributed by atoms with Gasteiger partial charge in [-0.05, 0) is 0 Å².